The van der Waals surface area contributed by atoms with E-state index < -0.39 is 0 Å². The van der Waals surface area contributed by atoms with Crippen LogP contribution in [0.2, 0.25) is 0 Å². The largest absolute Gasteiger partial charge is 0.319 e. The second-order valence-electron chi connectivity index (χ2n) is 6.63. The van der Waals surface area contributed by atoms with Crippen molar-refractivity contribution >= 4 is 0 Å². The molecule has 0 amide bonds. The minimum Gasteiger partial charge on any atom is -0.319 e. The fraction of sp³-hybridized carbons (Fsp3) is 0.750. The Balaban J connectivity index is 1.77. The van der Waals surface area contributed by atoms with Crippen molar-refractivity contribution in [3.63, 3.8) is 0 Å². The van der Waals surface area contributed by atoms with Crippen LogP contribution in [-0.2, 0) is 12.8 Å². The summed E-state index contributed by atoms with van der Waals surface area (Å²) in [4.78, 5) is 14.4. The molecule has 1 aromatic rings. The molecule has 3 rings (SSSR count). The highest BCUT2D eigenvalue weighted by molar-refractivity contribution is 5.22. The van der Waals surface area contributed by atoms with Gasteiger partial charge in [-0.1, -0.05) is 0 Å². The average molecular weight is 289 g/mol. The summed E-state index contributed by atoms with van der Waals surface area (Å²) in [5.74, 6) is 1.75. The minimum atomic E-state index is 0.337. The molecule has 116 valence electrons. The highest BCUT2D eigenvalue weighted by Crippen LogP contribution is 2.26. The van der Waals surface area contributed by atoms with Gasteiger partial charge in [0, 0.05) is 31.5 Å². The van der Waals surface area contributed by atoms with Crippen molar-refractivity contribution in [2.75, 3.05) is 47.3 Å². The molecule has 0 saturated carbocycles. The number of hydrogen-bond donors (Lipinski definition) is 1. The van der Waals surface area contributed by atoms with Gasteiger partial charge in [0.25, 0.3) is 0 Å². The Kier molecular flexibility index (Phi) is 4.52. The lowest BCUT2D eigenvalue weighted by Crippen LogP contribution is -2.45. The van der Waals surface area contributed by atoms with Crippen LogP contribution in [0.1, 0.15) is 29.5 Å². The molecule has 0 radical (unpaired) electrons. The molecule has 21 heavy (non-hydrogen) atoms. The maximum absolute atomic E-state index is 4.92. The van der Waals surface area contributed by atoms with E-state index in [9.17, 15) is 0 Å². The Bertz CT molecular complexity index is 490. The summed E-state index contributed by atoms with van der Waals surface area (Å²) in [5, 5.41) is 3.29. The van der Waals surface area contributed by atoms with Gasteiger partial charge in [-0.3, -0.25) is 4.90 Å². The van der Waals surface area contributed by atoms with Gasteiger partial charge in [-0.05, 0) is 58.4 Å². The summed E-state index contributed by atoms with van der Waals surface area (Å²) in [6.07, 6.45) is 5.55. The molecule has 2 atom stereocenters. The first-order valence-corrected chi connectivity index (χ1v) is 8.05. The molecule has 1 aliphatic heterocycles. The first kappa shape index (κ1) is 14.9. The third-order valence-corrected chi connectivity index (χ3v) is 4.91. The van der Waals surface area contributed by atoms with Gasteiger partial charge in [-0.25, -0.2) is 9.97 Å². The molecule has 5 heteroatoms. The monoisotopic (exact) mass is 289 g/mol. The molecule has 0 spiro atoms. The molecule has 1 aromatic heterocycles. The number of aryl methyl sites for hydroxylation is 1. The summed E-state index contributed by atoms with van der Waals surface area (Å²) in [6.45, 7) is 4.34. The van der Waals surface area contributed by atoms with E-state index in [1.165, 1.54) is 17.7 Å². The van der Waals surface area contributed by atoms with Crippen LogP contribution in [0.15, 0.2) is 6.20 Å². The quantitative estimate of drug-likeness (QED) is 0.888. The van der Waals surface area contributed by atoms with E-state index in [1.807, 2.05) is 7.05 Å². The van der Waals surface area contributed by atoms with Crippen molar-refractivity contribution in [1.82, 2.24) is 25.1 Å². The van der Waals surface area contributed by atoms with E-state index in [0.717, 1.165) is 50.8 Å². The van der Waals surface area contributed by atoms with Crippen molar-refractivity contribution in [1.29, 1.82) is 0 Å². The Morgan fingerprint density at radius 1 is 1.33 bits per heavy atom. The lowest BCUT2D eigenvalue weighted by molar-refractivity contribution is 0.109. The Hall–Kier alpha value is -1.04. The second kappa shape index (κ2) is 6.38. The Morgan fingerprint density at radius 2 is 2.19 bits per heavy atom. The molecule has 0 bridgehead atoms. The van der Waals surface area contributed by atoms with E-state index in [0.29, 0.717) is 6.04 Å². The molecule has 1 saturated heterocycles. The number of fused-ring (bicyclic) bond motifs is 1. The molecular formula is C16H27N5. The van der Waals surface area contributed by atoms with E-state index in [4.69, 9.17) is 9.97 Å². The van der Waals surface area contributed by atoms with Gasteiger partial charge in [0.15, 0.2) is 0 Å². The zero-order chi connectivity index (χ0) is 14.8. The van der Waals surface area contributed by atoms with Gasteiger partial charge in [-0.15, -0.1) is 0 Å². The van der Waals surface area contributed by atoms with Gasteiger partial charge in [-0.2, -0.15) is 0 Å². The number of piperazine rings is 1. The number of hydrogen-bond acceptors (Lipinski definition) is 5. The van der Waals surface area contributed by atoms with Crippen LogP contribution in [0.3, 0.4) is 0 Å². The topological polar surface area (TPSA) is 44.3 Å². The van der Waals surface area contributed by atoms with Crippen molar-refractivity contribution < 1.29 is 0 Å². The van der Waals surface area contributed by atoms with Crippen molar-refractivity contribution in [2.24, 2.45) is 5.92 Å². The van der Waals surface area contributed by atoms with Crippen LogP contribution >= 0.6 is 0 Å². The van der Waals surface area contributed by atoms with Gasteiger partial charge in [0.05, 0.1) is 6.04 Å². The third kappa shape index (κ3) is 3.25. The SMILES string of the molecule is CNCC1CCc2nc(C3CN(C)CCN3C)ncc2C1. The molecule has 1 N–H and O–H groups in total. The maximum atomic E-state index is 4.92. The van der Waals surface area contributed by atoms with E-state index in [-0.39, 0.29) is 0 Å². The van der Waals surface area contributed by atoms with Crippen LogP contribution in [0.4, 0.5) is 0 Å². The fourth-order valence-electron chi connectivity index (χ4n) is 3.51. The predicted octanol–water partition coefficient (Wildman–Crippen LogP) is 0.719. The second-order valence-corrected chi connectivity index (χ2v) is 6.63. The molecule has 2 heterocycles. The number of likely N-dealkylation sites (N-methyl/N-ethyl adjacent to an activating group) is 2. The summed E-state index contributed by atoms with van der Waals surface area (Å²) >= 11 is 0. The first-order valence-electron chi connectivity index (χ1n) is 8.05. The molecule has 0 aromatic carbocycles. The van der Waals surface area contributed by atoms with Gasteiger partial charge in [0.1, 0.15) is 5.82 Å². The molecular weight excluding hydrogens is 262 g/mol. The molecule has 1 fully saturated rings. The summed E-state index contributed by atoms with van der Waals surface area (Å²) in [6, 6.07) is 0.337. The third-order valence-electron chi connectivity index (χ3n) is 4.91. The molecule has 1 aliphatic carbocycles. The van der Waals surface area contributed by atoms with E-state index in [2.05, 4.69) is 35.4 Å². The predicted molar refractivity (Wildman–Crippen MR) is 84.3 cm³/mol. The standard InChI is InChI=1S/C16H27N5/c1-17-9-12-4-5-14-13(8-12)10-18-16(19-14)15-11-20(2)6-7-21(15)3/h10,12,15,17H,4-9,11H2,1-3H3. The average Bonchev–Trinajstić information content (AvgIpc) is 2.49. The molecule has 5 nitrogen and oxygen atoms in total. The number of nitrogens with one attached hydrogen (secondary N) is 1. The van der Waals surface area contributed by atoms with Crippen molar-refractivity contribution in [3.05, 3.63) is 23.3 Å². The van der Waals surface area contributed by atoms with Crippen LogP contribution in [0.25, 0.3) is 0 Å². The number of aromatic nitrogens is 2. The Labute approximate surface area is 127 Å². The van der Waals surface area contributed by atoms with Crippen LogP contribution in [-0.4, -0.2) is 67.1 Å². The van der Waals surface area contributed by atoms with Gasteiger partial charge < -0.3 is 10.2 Å². The van der Waals surface area contributed by atoms with E-state index >= 15 is 0 Å². The number of nitrogens with zero attached hydrogens (tertiary/aromatic N) is 4. The summed E-state index contributed by atoms with van der Waals surface area (Å²) in [7, 11) is 6.40. The van der Waals surface area contributed by atoms with Gasteiger partial charge in [0.2, 0.25) is 0 Å². The van der Waals surface area contributed by atoms with Gasteiger partial charge >= 0.3 is 0 Å². The maximum Gasteiger partial charge on any atom is 0.146 e. The Morgan fingerprint density at radius 3 is 3.00 bits per heavy atom. The van der Waals surface area contributed by atoms with E-state index in [1.54, 1.807) is 0 Å². The highest BCUT2D eigenvalue weighted by Gasteiger charge is 2.27. The highest BCUT2D eigenvalue weighted by atomic mass is 15.3. The molecule has 2 aliphatic rings. The first-order chi connectivity index (χ1) is 10.2. The zero-order valence-corrected chi connectivity index (χ0v) is 13.5. The van der Waals surface area contributed by atoms with Crippen LogP contribution in [0, 0.1) is 5.92 Å². The van der Waals surface area contributed by atoms with Crippen LogP contribution < -0.4 is 5.32 Å². The summed E-state index contributed by atoms with van der Waals surface area (Å²) < 4.78 is 0. The van der Waals surface area contributed by atoms with Crippen molar-refractivity contribution in [2.45, 2.75) is 25.3 Å². The normalized spacial score (nSPS) is 27.6. The fourth-order valence-corrected chi connectivity index (χ4v) is 3.51. The molecule has 2 unspecified atom stereocenters. The minimum absolute atomic E-state index is 0.337. The smallest absolute Gasteiger partial charge is 0.146 e. The summed E-state index contributed by atoms with van der Waals surface area (Å²) in [5.41, 5.74) is 2.64. The zero-order valence-electron chi connectivity index (χ0n) is 13.5. The van der Waals surface area contributed by atoms with Crippen molar-refractivity contribution in [3.8, 4) is 0 Å². The number of rotatable bonds is 3. The lowest BCUT2D eigenvalue weighted by atomic mass is 9.87. The lowest BCUT2D eigenvalue weighted by Gasteiger charge is -2.37. The van der Waals surface area contributed by atoms with Crippen LogP contribution in [0.5, 0.6) is 0 Å².